The summed E-state index contributed by atoms with van der Waals surface area (Å²) in [5, 5.41) is 16.7. The normalized spacial score (nSPS) is 14.7. The van der Waals surface area contributed by atoms with Gasteiger partial charge in [-0.2, -0.15) is 0 Å². The van der Waals surface area contributed by atoms with E-state index in [9.17, 15) is 14.0 Å². The molecule has 0 aliphatic carbocycles. The number of amidine groups is 1. The maximum atomic E-state index is 12.9. The predicted octanol–water partition coefficient (Wildman–Crippen LogP) is 4.36. The fourth-order valence-electron chi connectivity index (χ4n) is 3.53. The fourth-order valence-corrected chi connectivity index (χ4v) is 4.17. The summed E-state index contributed by atoms with van der Waals surface area (Å²) in [5.74, 6) is -2.03. The Balaban J connectivity index is 0.000000493. The van der Waals surface area contributed by atoms with E-state index in [1.165, 1.54) is 12.1 Å². The molecule has 1 aliphatic rings. The monoisotopic (exact) mass is 517 g/mol. The van der Waals surface area contributed by atoms with Gasteiger partial charge in [-0.3, -0.25) is 4.90 Å². The third-order valence-electron chi connectivity index (χ3n) is 5.43. The van der Waals surface area contributed by atoms with Gasteiger partial charge in [-0.1, -0.05) is 30.0 Å². The molecule has 1 fully saturated rings. The van der Waals surface area contributed by atoms with Crippen LogP contribution >= 0.6 is 11.8 Å². The summed E-state index contributed by atoms with van der Waals surface area (Å²) in [4.78, 5) is 28.7. The number of likely N-dealkylation sites (tertiary alicyclic amines) is 1. The van der Waals surface area contributed by atoms with Gasteiger partial charge in [0.05, 0.1) is 5.69 Å². The average molecular weight is 518 g/mol. The number of carboxylic acid groups (broad SMARTS) is 2. The molecule has 0 amide bonds. The summed E-state index contributed by atoms with van der Waals surface area (Å²) in [7, 11) is 2.15. The van der Waals surface area contributed by atoms with Gasteiger partial charge in [0, 0.05) is 44.9 Å². The Morgan fingerprint density at radius 3 is 2.19 bits per heavy atom. The van der Waals surface area contributed by atoms with Gasteiger partial charge in [-0.15, -0.1) is 0 Å². The molecule has 0 atom stereocenters. The molecule has 0 unspecified atom stereocenters. The van der Waals surface area contributed by atoms with Crippen LogP contribution in [0.2, 0.25) is 0 Å². The highest BCUT2D eigenvalue weighted by molar-refractivity contribution is 8.13. The van der Waals surface area contributed by atoms with E-state index in [1.54, 1.807) is 23.9 Å². The Bertz CT molecular complexity index is 994. The summed E-state index contributed by atoms with van der Waals surface area (Å²) < 4.78 is 18.6. The zero-order valence-electron chi connectivity index (χ0n) is 20.4. The van der Waals surface area contributed by atoms with Crippen molar-refractivity contribution in [1.82, 2.24) is 9.80 Å². The number of thioether (sulfide) groups is 1. The second kappa shape index (κ2) is 15.6. The Labute approximate surface area is 215 Å². The SMILES string of the molecule is CS/C(=N/c1ccccc1)N(C)C1CCN(CCOc2ccc(F)cc2)CC1.O=C(O)/C=C/C(=O)O. The van der Waals surface area contributed by atoms with Crippen LogP contribution in [0.4, 0.5) is 10.1 Å². The number of nitrogens with zero attached hydrogens (tertiary/aromatic N) is 3. The minimum Gasteiger partial charge on any atom is -0.492 e. The molecule has 1 heterocycles. The van der Waals surface area contributed by atoms with Crippen molar-refractivity contribution in [2.45, 2.75) is 18.9 Å². The van der Waals surface area contributed by atoms with E-state index in [2.05, 4.69) is 23.1 Å². The summed E-state index contributed by atoms with van der Waals surface area (Å²) in [6.07, 6.45) is 5.42. The molecule has 194 valence electrons. The molecule has 1 saturated heterocycles. The van der Waals surface area contributed by atoms with Crippen molar-refractivity contribution in [1.29, 1.82) is 0 Å². The van der Waals surface area contributed by atoms with Crippen LogP contribution in [0.5, 0.6) is 5.75 Å². The summed E-state index contributed by atoms with van der Waals surface area (Å²) >= 11 is 1.70. The second-order valence-electron chi connectivity index (χ2n) is 7.93. The van der Waals surface area contributed by atoms with E-state index in [4.69, 9.17) is 19.9 Å². The molecular formula is C26H32FN3O5S. The molecule has 10 heteroatoms. The molecule has 0 saturated carbocycles. The third kappa shape index (κ3) is 10.9. The summed E-state index contributed by atoms with van der Waals surface area (Å²) in [6, 6.07) is 16.8. The molecule has 0 spiro atoms. The van der Waals surface area contributed by atoms with Gasteiger partial charge >= 0.3 is 11.9 Å². The van der Waals surface area contributed by atoms with Crippen LogP contribution in [0, 0.1) is 5.82 Å². The molecule has 36 heavy (non-hydrogen) atoms. The molecule has 8 nitrogen and oxygen atoms in total. The molecule has 0 aromatic heterocycles. The topological polar surface area (TPSA) is 103 Å². The summed E-state index contributed by atoms with van der Waals surface area (Å²) in [6.45, 7) is 3.61. The van der Waals surface area contributed by atoms with Gasteiger partial charge < -0.3 is 19.8 Å². The van der Waals surface area contributed by atoms with Crippen molar-refractivity contribution < 1.29 is 28.9 Å². The number of aliphatic imine (C=N–C) groups is 1. The minimum atomic E-state index is -1.26. The van der Waals surface area contributed by atoms with Crippen molar-refractivity contribution in [3.8, 4) is 5.75 Å². The van der Waals surface area contributed by atoms with Gasteiger partial charge in [-0.05, 0) is 55.5 Å². The van der Waals surface area contributed by atoms with Crippen LogP contribution in [0.15, 0.2) is 71.7 Å². The number of hydrogen-bond acceptors (Lipinski definition) is 6. The number of rotatable bonds is 8. The van der Waals surface area contributed by atoms with Crippen LogP contribution in [-0.4, -0.2) is 82.7 Å². The van der Waals surface area contributed by atoms with E-state index < -0.39 is 11.9 Å². The molecule has 2 N–H and O–H groups in total. The van der Waals surface area contributed by atoms with Gasteiger partial charge in [-0.25, -0.2) is 19.0 Å². The molecule has 0 radical (unpaired) electrons. The maximum absolute atomic E-state index is 12.9. The van der Waals surface area contributed by atoms with Crippen molar-refractivity contribution in [2.24, 2.45) is 4.99 Å². The van der Waals surface area contributed by atoms with E-state index >= 15 is 0 Å². The third-order valence-corrected chi connectivity index (χ3v) is 6.17. The average Bonchev–Trinajstić information content (AvgIpc) is 2.88. The lowest BCUT2D eigenvalue weighted by Gasteiger charge is -2.37. The van der Waals surface area contributed by atoms with Gasteiger partial charge in [0.1, 0.15) is 18.2 Å². The number of carboxylic acids is 2. The van der Waals surface area contributed by atoms with Crippen molar-refractivity contribution in [3.05, 3.63) is 72.6 Å². The molecule has 2 aromatic carbocycles. The van der Waals surface area contributed by atoms with Crippen molar-refractivity contribution in [3.63, 3.8) is 0 Å². The molecule has 2 aromatic rings. The Morgan fingerprint density at radius 1 is 1.08 bits per heavy atom. The zero-order valence-corrected chi connectivity index (χ0v) is 21.2. The number of para-hydroxylation sites is 1. The lowest BCUT2D eigenvalue weighted by Crippen LogP contribution is -2.45. The number of piperidine rings is 1. The Hall–Kier alpha value is -3.37. The van der Waals surface area contributed by atoms with Gasteiger partial charge in [0.2, 0.25) is 0 Å². The number of carbonyl (C=O) groups is 2. The molecule has 0 bridgehead atoms. The Morgan fingerprint density at radius 2 is 1.67 bits per heavy atom. The molecule has 3 rings (SSSR count). The standard InChI is InChI=1S/C22H28FN3OS.C4H4O4/c1-25(22(28-2)24-19-6-4-3-5-7-19)20-12-14-26(15-13-20)16-17-27-21-10-8-18(23)9-11-21;5-3(6)1-2-4(7)8/h3-11,20H,12-17H2,1-2H3;1-2H,(H,5,6)(H,7,8)/b24-22+;2-1+. The lowest BCUT2D eigenvalue weighted by atomic mass is 10.0. The van der Waals surface area contributed by atoms with Gasteiger partial charge in [0.25, 0.3) is 0 Å². The Kier molecular flexibility index (Phi) is 12.5. The van der Waals surface area contributed by atoms with E-state index in [-0.39, 0.29) is 5.82 Å². The number of hydrogen-bond donors (Lipinski definition) is 2. The number of aliphatic carboxylic acids is 2. The largest absolute Gasteiger partial charge is 0.492 e. The number of halogens is 1. The quantitative estimate of drug-likeness (QED) is 0.303. The highest BCUT2D eigenvalue weighted by atomic mass is 32.2. The van der Waals surface area contributed by atoms with Gasteiger partial charge in [0.15, 0.2) is 5.17 Å². The smallest absolute Gasteiger partial charge is 0.328 e. The van der Waals surface area contributed by atoms with E-state index in [1.807, 2.05) is 30.3 Å². The van der Waals surface area contributed by atoms with E-state index in [0.717, 1.165) is 49.1 Å². The van der Waals surface area contributed by atoms with Crippen LogP contribution in [0.25, 0.3) is 0 Å². The van der Waals surface area contributed by atoms with Crippen LogP contribution in [0.3, 0.4) is 0 Å². The van der Waals surface area contributed by atoms with Crippen LogP contribution in [0.1, 0.15) is 12.8 Å². The highest BCUT2D eigenvalue weighted by Crippen LogP contribution is 2.21. The lowest BCUT2D eigenvalue weighted by molar-refractivity contribution is -0.134. The first-order valence-corrected chi connectivity index (χ1v) is 12.7. The minimum absolute atomic E-state index is 0.237. The first kappa shape index (κ1) is 28.9. The fraction of sp³-hybridized carbons (Fsp3) is 0.346. The van der Waals surface area contributed by atoms with Crippen molar-refractivity contribution >= 4 is 34.6 Å². The molecule has 1 aliphatic heterocycles. The highest BCUT2D eigenvalue weighted by Gasteiger charge is 2.24. The van der Waals surface area contributed by atoms with Crippen LogP contribution < -0.4 is 4.74 Å². The number of ether oxygens (including phenoxy) is 1. The van der Waals surface area contributed by atoms with E-state index in [0.29, 0.717) is 24.8 Å². The first-order valence-electron chi connectivity index (χ1n) is 11.4. The molecular weight excluding hydrogens is 485 g/mol. The number of benzene rings is 2. The zero-order chi connectivity index (χ0) is 26.3. The van der Waals surface area contributed by atoms with Crippen LogP contribution in [-0.2, 0) is 9.59 Å². The van der Waals surface area contributed by atoms with Crippen molar-refractivity contribution in [2.75, 3.05) is 39.5 Å². The summed E-state index contributed by atoms with van der Waals surface area (Å²) in [5.41, 5.74) is 0.995. The second-order valence-corrected chi connectivity index (χ2v) is 8.70. The first-order chi connectivity index (χ1) is 17.3. The predicted molar refractivity (Wildman–Crippen MR) is 141 cm³/mol. The maximum Gasteiger partial charge on any atom is 0.328 e.